The van der Waals surface area contributed by atoms with Crippen LogP contribution in [0.3, 0.4) is 0 Å². The number of hydrogen-bond donors (Lipinski definition) is 3. The average Bonchev–Trinajstić information content (AvgIpc) is 2.57. The lowest BCUT2D eigenvalue weighted by Crippen LogP contribution is -2.48. The maximum atomic E-state index is 12.0. The zero-order chi connectivity index (χ0) is 13.6. The van der Waals surface area contributed by atoms with E-state index in [-0.39, 0.29) is 13.0 Å². The maximum Gasteiger partial charge on any atom is 0.321 e. The molecular weight excluding hydrogens is 260 g/mol. The van der Waals surface area contributed by atoms with Gasteiger partial charge in [-0.2, -0.15) is 17.4 Å². The van der Waals surface area contributed by atoms with Crippen molar-refractivity contribution in [1.82, 2.24) is 9.03 Å². The van der Waals surface area contributed by atoms with E-state index >= 15 is 0 Å². The Hall–Kier alpha value is -0.700. The summed E-state index contributed by atoms with van der Waals surface area (Å²) in [7, 11) is -3.78. The molecule has 0 amide bonds. The van der Waals surface area contributed by atoms with Gasteiger partial charge in [0.1, 0.15) is 6.04 Å². The summed E-state index contributed by atoms with van der Waals surface area (Å²) in [4.78, 5) is 10.9. The van der Waals surface area contributed by atoms with Crippen LogP contribution in [0.2, 0.25) is 0 Å². The number of carboxylic acids is 1. The first-order valence-corrected chi connectivity index (χ1v) is 7.52. The molecule has 1 atom stereocenters. The molecule has 1 saturated heterocycles. The van der Waals surface area contributed by atoms with Gasteiger partial charge >= 0.3 is 5.97 Å². The van der Waals surface area contributed by atoms with Gasteiger partial charge in [0.15, 0.2) is 0 Å². The second-order valence-electron chi connectivity index (χ2n) is 4.34. The third-order valence-corrected chi connectivity index (χ3v) is 4.54. The first kappa shape index (κ1) is 15.4. The van der Waals surface area contributed by atoms with Crippen LogP contribution in [0.5, 0.6) is 0 Å². The van der Waals surface area contributed by atoms with Gasteiger partial charge in [-0.25, -0.2) is 0 Å². The van der Waals surface area contributed by atoms with Gasteiger partial charge in [-0.1, -0.05) is 12.8 Å². The molecule has 7 nitrogen and oxygen atoms in total. The van der Waals surface area contributed by atoms with Crippen LogP contribution >= 0.6 is 0 Å². The summed E-state index contributed by atoms with van der Waals surface area (Å²) in [6.45, 7) is 0.459. The first-order chi connectivity index (χ1) is 8.47. The van der Waals surface area contributed by atoms with E-state index in [1.165, 1.54) is 4.31 Å². The van der Waals surface area contributed by atoms with Crippen molar-refractivity contribution in [2.45, 2.75) is 38.1 Å². The molecule has 0 aromatic heterocycles. The van der Waals surface area contributed by atoms with Crippen LogP contribution in [0.15, 0.2) is 0 Å². The summed E-state index contributed by atoms with van der Waals surface area (Å²) in [6, 6.07) is -1.27. The fourth-order valence-electron chi connectivity index (χ4n) is 1.90. The molecule has 106 valence electrons. The van der Waals surface area contributed by atoms with Gasteiger partial charge in [0.25, 0.3) is 10.2 Å². The first-order valence-electron chi connectivity index (χ1n) is 6.08. The topological polar surface area (TPSA) is 107 Å². The Morgan fingerprint density at radius 1 is 1.22 bits per heavy atom. The van der Waals surface area contributed by atoms with E-state index < -0.39 is 22.2 Å². The molecule has 0 saturated carbocycles. The Morgan fingerprint density at radius 2 is 1.78 bits per heavy atom. The molecule has 0 bridgehead atoms. The Kier molecular flexibility index (Phi) is 6.00. The number of aliphatic hydroxyl groups excluding tert-OH is 1. The molecule has 18 heavy (non-hydrogen) atoms. The summed E-state index contributed by atoms with van der Waals surface area (Å²) in [5.74, 6) is -1.28. The lowest BCUT2D eigenvalue weighted by Gasteiger charge is -2.22. The van der Waals surface area contributed by atoms with Gasteiger partial charge in [0.2, 0.25) is 0 Å². The van der Waals surface area contributed by atoms with Gasteiger partial charge < -0.3 is 10.2 Å². The molecule has 1 fully saturated rings. The lowest BCUT2D eigenvalue weighted by atomic mass is 10.2. The van der Waals surface area contributed by atoms with Crippen LogP contribution in [0.25, 0.3) is 0 Å². The van der Waals surface area contributed by atoms with E-state index in [0.717, 1.165) is 25.7 Å². The Balaban J connectivity index is 2.69. The Bertz CT molecular complexity index is 362. The summed E-state index contributed by atoms with van der Waals surface area (Å²) in [5, 5.41) is 17.6. The summed E-state index contributed by atoms with van der Waals surface area (Å²) in [6.07, 6.45) is 3.43. The molecule has 0 radical (unpaired) electrons. The Morgan fingerprint density at radius 3 is 2.22 bits per heavy atom. The SMILES string of the molecule is O=C(O)C(CCO)NS(=O)(=O)N1CCCCCC1. The van der Waals surface area contributed by atoms with E-state index in [1.807, 2.05) is 0 Å². The van der Waals surface area contributed by atoms with Crippen LogP contribution < -0.4 is 4.72 Å². The van der Waals surface area contributed by atoms with E-state index in [1.54, 1.807) is 0 Å². The molecule has 8 heteroatoms. The lowest BCUT2D eigenvalue weighted by molar-refractivity contribution is -0.139. The number of nitrogens with one attached hydrogen (secondary N) is 1. The van der Waals surface area contributed by atoms with Gasteiger partial charge in [-0.15, -0.1) is 0 Å². The monoisotopic (exact) mass is 280 g/mol. The molecule has 1 unspecified atom stereocenters. The number of carbonyl (C=O) groups is 1. The fraction of sp³-hybridized carbons (Fsp3) is 0.900. The van der Waals surface area contributed by atoms with Crippen molar-refractivity contribution < 1.29 is 23.4 Å². The number of hydrogen-bond acceptors (Lipinski definition) is 4. The quantitative estimate of drug-likeness (QED) is 0.610. The second-order valence-corrected chi connectivity index (χ2v) is 6.04. The van der Waals surface area contributed by atoms with Crippen molar-refractivity contribution in [2.24, 2.45) is 0 Å². The standard InChI is InChI=1S/C10H20N2O5S/c13-8-5-9(10(14)15)11-18(16,17)12-6-3-1-2-4-7-12/h9,11,13H,1-8H2,(H,14,15). The summed E-state index contributed by atoms with van der Waals surface area (Å²) < 4.78 is 27.4. The van der Waals surface area contributed by atoms with Crippen LogP contribution in [-0.4, -0.2) is 54.6 Å². The number of nitrogens with zero attached hydrogens (tertiary/aromatic N) is 1. The highest BCUT2D eigenvalue weighted by Gasteiger charge is 2.28. The molecule has 0 aliphatic carbocycles. The van der Waals surface area contributed by atoms with Crippen LogP contribution in [0.4, 0.5) is 0 Å². The van der Waals surface area contributed by atoms with Crippen molar-refractivity contribution in [2.75, 3.05) is 19.7 Å². The Labute approximate surface area is 107 Å². The minimum absolute atomic E-state index is 0.137. The van der Waals surface area contributed by atoms with E-state index in [4.69, 9.17) is 10.2 Å². The predicted molar refractivity (Wildman–Crippen MR) is 65.2 cm³/mol. The third-order valence-electron chi connectivity index (χ3n) is 2.91. The highest BCUT2D eigenvalue weighted by Crippen LogP contribution is 2.13. The zero-order valence-corrected chi connectivity index (χ0v) is 11.0. The normalized spacial score (nSPS) is 20.3. The van der Waals surface area contributed by atoms with Crippen LogP contribution in [0.1, 0.15) is 32.1 Å². The van der Waals surface area contributed by atoms with Crippen LogP contribution in [0, 0.1) is 0 Å². The molecule has 1 aliphatic rings. The highest BCUT2D eigenvalue weighted by molar-refractivity contribution is 7.87. The molecule has 1 rings (SSSR count). The van der Waals surface area contributed by atoms with Crippen molar-refractivity contribution >= 4 is 16.2 Å². The fourth-order valence-corrected chi connectivity index (χ4v) is 3.36. The minimum Gasteiger partial charge on any atom is -0.480 e. The highest BCUT2D eigenvalue weighted by atomic mass is 32.2. The van der Waals surface area contributed by atoms with Crippen molar-refractivity contribution in [3.05, 3.63) is 0 Å². The molecule has 3 N–H and O–H groups in total. The second kappa shape index (κ2) is 7.03. The number of aliphatic hydroxyl groups is 1. The van der Waals surface area contributed by atoms with Crippen molar-refractivity contribution in [3.63, 3.8) is 0 Å². The average molecular weight is 280 g/mol. The molecule has 1 aliphatic heterocycles. The van der Waals surface area contributed by atoms with Gasteiger partial charge in [0.05, 0.1) is 0 Å². The van der Waals surface area contributed by atoms with Crippen molar-refractivity contribution in [1.29, 1.82) is 0 Å². The minimum atomic E-state index is -3.78. The summed E-state index contributed by atoms with van der Waals surface area (Å²) in [5.41, 5.74) is 0. The number of carboxylic acid groups (broad SMARTS) is 1. The van der Waals surface area contributed by atoms with Gasteiger partial charge in [0, 0.05) is 19.7 Å². The third kappa shape index (κ3) is 4.52. The molecule has 0 aromatic carbocycles. The van der Waals surface area contributed by atoms with Gasteiger partial charge in [-0.3, -0.25) is 4.79 Å². The largest absolute Gasteiger partial charge is 0.480 e. The van der Waals surface area contributed by atoms with E-state index in [2.05, 4.69) is 4.72 Å². The van der Waals surface area contributed by atoms with Gasteiger partial charge in [-0.05, 0) is 19.3 Å². The van der Waals surface area contributed by atoms with Crippen LogP contribution in [-0.2, 0) is 15.0 Å². The molecule has 1 heterocycles. The summed E-state index contributed by atoms with van der Waals surface area (Å²) >= 11 is 0. The van der Waals surface area contributed by atoms with E-state index in [9.17, 15) is 13.2 Å². The number of aliphatic carboxylic acids is 1. The zero-order valence-electron chi connectivity index (χ0n) is 10.2. The maximum absolute atomic E-state index is 12.0. The van der Waals surface area contributed by atoms with E-state index in [0.29, 0.717) is 13.1 Å². The van der Waals surface area contributed by atoms with Crippen molar-refractivity contribution in [3.8, 4) is 0 Å². The smallest absolute Gasteiger partial charge is 0.321 e. The number of rotatable bonds is 6. The predicted octanol–water partition coefficient (Wildman–Crippen LogP) is -0.468. The molecule has 0 spiro atoms. The molecular formula is C10H20N2O5S. The molecule has 0 aromatic rings.